The number of nitrogens with zero attached hydrogens (tertiary/aromatic N) is 3. The van der Waals surface area contributed by atoms with E-state index in [1.54, 1.807) is 32.9 Å². The predicted molar refractivity (Wildman–Crippen MR) is 126 cm³/mol. The van der Waals surface area contributed by atoms with E-state index in [9.17, 15) is 13.2 Å². The third kappa shape index (κ3) is 6.18. The zero-order valence-corrected chi connectivity index (χ0v) is 20.1. The lowest BCUT2D eigenvalue weighted by Crippen LogP contribution is -2.30. The van der Waals surface area contributed by atoms with E-state index in [4.69, 9.17) is 0 Å². The van der Waals surface area contributed by atoms with E-state index >= 15 is 0 Å². The Balaban J connectivity index is 1.65. The number of benzene rings is 2. The Morgan fingerprint density at radius 1 is 1.03 bits per heavy atom. The van der Waals surface area contributed by atoms with E-state index in [1.807, 2.05) is 41.8 Å². The van der Waals surface area contributed by atoms with Crippen molar-refractivity contribution in [3.05, 3.63) is 66.0 Å². The number of aryl methyl sites for hydroxylation is 1. The van der Waals surface area contributed by atoms with Gasteiger partial charge in [0.2, 0.25) is 15.9 Å². The van der Waals surface area contributed by atoms with Crippen LogP contribution in [0.2, 0.25) is 0 Å². The van der Waals surface area contributed by atoms with Crippen LogP contribution in [0.25, 0.3) is 0 Å². The molecule has 0 spiro atoms. The second kappa shape index (κ2) is 10.3. The summed E-state index contributed by atoms with van der Waals surface area (Å²) in [5, 5.41) is 11.4. The average Bonchev–Trinajstić information content (AvgIpc) is 3.07. The lowest BCUT2D eigenvalue weighted by atomic mass is 10.2. The molecule has 1 aromatic heterocycles. The van der Waals surface area contributed by atoms with Gasteiger partial charge in [-0.1, -0.05) is 42.1 Å². The number of nitrogens with one attached hydrogen (secondary N) is 2. The van der Waals surface area contributed by atoms with Crippen molar-refractivity contribution in [3.8, 4) is 0 Å². The van der Waals surface area contributed by atoms with Crippen LogP contribution in [0, 0.1) is 6.92 Å². The van der Waals surface area contributed by atoms with Crippen LogP contribution in [0.15, 0.2) is 64.6 Å². The molecule has 0 fully saturated rings. The number of rotatable bonds is 9. The van der Waals surface area contributed by atoms with Crippen molar-refractivity contribution < 1.29 is 13.2 Å². The van der Waals surface area contributed by atoms with Crippen molar-refractivity contribution in [2.45, 2.75) is 55.6 Å². The van der Waals surface area contributed by atoms with Crippen LogP contribution in [0.4, 0.5) is 5.69 Å². The largest absolute Gasteiger partial charge is 0.325 e. The number of thioether (sulfide) groups is 1. The molecule has 0 saturated heterocycles. The predicted octanol–water partition coefficient (Wildman–Crippen LogP) is 3.44. The minimum Gasteiger partial charge on any atom is -0.325 e. The summed E-state index contributed by atoms with van der Waals surface area (Å²) in [5.41, 5.74) is 1.64. The third-order valence-corrected chi connectivity index (χ3v) is 7.31. The monoisotopic (exact) mass is 473 g/mol. The van der Waals surface area contributed by atoms with Gasteiger partial charge in [0.25, 0.3) is 0 Å². The summed E-state index contributed by atoms with van der Waals surface area (Å²) < 4.78 is 29.0. The molecule has 2 N–H and O–H groups in total. The normalized spacial score (nSPS) is 12.7. The molecule has 170 valence electrons. The van der Waals surface area contributed by atoms with Crippen LogP contribution >= 0.6 is 11.8 Å². The highest BCUT2D eigenvalue weighted by molar-refractivity contribution is 8.00. The average molecular weight is 474 g/mol. The standard InChI is InChI=1S/C22H27N5O3S2/c1-15(2)26-32(29,30)20-12-10-19(11-13-20)23-21(28)16(3)31-22-25-24-17(4)27(22)14-18-8-6-5-7-9-18/h5-13,15-16,26H,14H2,1-4H3,(H,23,28). The van der Waals surface area contributed by atoms with Crippen LogP contribution in [0.1, 0.15) is 32.2 Å². The van der Waals surface area contributed by atoms with Crippen LogP contribution in [0.3, 0.4) is 0 Å². The van der Waals surface area contributed by atoms with Crippen LogP contribution in [0.5, 0.6) is 0 Å². The molecule has 3 rings (SSSR count). The van der Waals surface area contributed by atoms with E-state index in [2.05, 4.69) is 20.2 Å². The maximum absolute atomic E-state index is 12.7. The van der Waals surface area contributed by atoms with Crippen LogP contribution < -0.4 is 10.0 Å². The van der Waals surface area contributed by atoms with Crippen molar-refractivity contribution in [1.82, 2.24) is 19.5 Å². The van der Waals surface area contributed by atoms with E-state index in [0.29, 0.717) is 17.4 Å². The first-order valence-corrected chi connectivity index (χ1v) is 12.6. The van der Waals surface area contributed by atoms with Crippen LogP contribution in [-0.4, -0.2) is 40.4 Å². The van der Waals surface area contributed by atoms with Crippen molar-refractivity contribution in [1.29, 1.82) is 0 Å². The highest BCUT2D eigenvalue weighted by Crippen LogP contribution is 2.24. The fraction of sp³-hybridized carbons (Fsp3) is 0.318. The van der Waals surface area contributed by atoms with Gasteiger partial charge in [-0.3, -0.25) is 4.79 Å². The van der Waals surface area contributed by atoms with Gasteiger partial charge in [0.05, 0.1) is 16.7 Å². The molecule has 1 heterocycles. The number of hydrogen-bond acceptors (Lipinski definition) is 6. The van der Waals surface area contributed by atoms with Crippen molar-refractivity contribution >= 4 is 33.4 Å². The molecule has 2 aromatic carbocycles. The minimum absolute atomic E-state index is 0.149. The van der Waals surface area contributed by atoms with Gasteiger partial charge >= 0.3 is 0 Å². The zero-order chi connectivity index (χ0) is 23.3. The molecule has 32 heavy (non-hydrogen) atoms. The van der Waals surface area contributed by atoms with Gasteiger partial charge in [0.15, 0.2) is 5.16 Å². The van der Waals surface area contributed by atoms with Gasteiger partial charge in [0, 0.05) is 11.7 Å². The Labute approximate surface area is 192 Å². The van der Waals surface area contributed by atoms with E-state index in [0.717, 1.165) is 11.4 Å². The van der Waals surface area contributed by atoms with E-state index in [1.165, 1.54) is 23.9 Å². The maximum Gasteiger partial charge on any atom is 0.240 e. The number of hydrogen-bond donors (Lipinski definition) is 2. The quantitative estimate of drug-likeness (QED) is 0.461. The Morgan fingerprint density at radius 3 is 2.31 bits per heavy atom. The Bertz CT molecular complexity index is 1160. The maximum atomic E-state index is 12.7. The molecule has 10 heteroatoms. The molecule has 1 unspecified atom stereocenters. The smallest absolute Gasteiger partial charge is 0.240 e. The second-order valence-electron chi connectivity index (χ2n) is 7.65. The molecule has 3 aromatic rings. The molecule has 0 aliphatic heterocycles. The highest BCUT2D eigenvalue weighted by Gasteiger charge is 2.20. The Hall–Kier alpha value is -2.69. The fourth-order valence-corrected chi connectivity index (χ4v) is 5.09. The Kier molecular flexibility index (Phi) is 7.70. The molecular formula is C22H27N5O3S2. The van der Waals surface area contributed by atoms with Gasteiger partial charge < -0.3 is 9.88 Å². The summed E-state index contributed by atoms with van der Waals surface area (Å²) in [6, 6.07) is 15.9. The van der Waals surface area contributed by atoms with Gasteiger partial charge in [0.1, 0.15) is 5.82 Å². The fourth-order valence-electron chi connectivity index (χ4n) is 2.95. The van der Waals surface area contributed by atoms with Crippen molar-refractivity contribution in [3.63, 3.8) is 0 Å². The summed E-state index contributed by atoms with van der Waals surface area (Å²) in [6.07, 6.45) is 0. The number of sulfonamides is 1. The molecule has 0 aliphatic rings. The van der Waals surface area contributed by atoms with Crippen molar-refractivity contribution in [2.24, 2.45) is 0 Å². The molecule has 8 nitrogen and oxygen atoms in total. The zero-order valence-electron chi connectivity index (χ0n) is 18.4. The van der Waals surface area contributed by atoms with Gasteiger partial charge in [-0.25, -0.2) is 13.1 Å². The summed E-state index contributed by atoms with van der Waals surface area (Å²) in [5.74, 6) is 0.564. The van der Waals surface area contributed by atoms with E-state index < -0.39 is 15.3 Å². The van der Waals surface area contributed by atoms with Crippen molar-refractivity contribution in [2.75, 3.05) is 5.32 Å². The van der Waals surface area contributed by atoms with Gasteiger partial charge in [-0.15, -0.1) is 10.2 Å². The first-order chi connectivity index (χ1) is 15.2. The topological polar surface area (TPSA) is 106 Å². The molecule has 0 radical (unpaired) electrons. The SMILES string of the molecule is Cc1nnc(SC(C)C(=O)Nc2ccc(S(=O)(=O)NC(C)C)cc2)n1Cc1ccccc1. The Morgan fingerprint density at radius 2 is 1.69 bits per heavy atom. The first-order valence-electron chi connectivity index (χ1n) is 10.2. The highest BCUT2D eigenvalue weighted by atomic mass is 32.2. The second-order valence-corrected chi connectivity index (χ2v) is 10.7. The lowest BCUT2D eigenvalue weighted by molar-refractivity contribution is -0.115. The molecular weight excluding hydrogens is 446 g/mol. The number of aromatic nitrogens is 3. The molecule has 1 atom stereocenters. The van der Waals surface area contributed by atoms with Gasteiger partial charge in [-0.05, 0) is 57.5 Å². The number of amides is 1. The summed E-state index contributed by atoms with van der Waals surface area (Å²) in [4.78, 5) is 12.8. The molecule has 1 amide bonds. The summed E-state index contributed by atoms with van der Waals surface area (Å²) in [7, 11) is -3.57. The van der Waals surface area contributed by atoms with E-state index in [-0.39, 0.29) is 16.8 Å². The van der Waals surface area contributed by atoms with Gasteiger partial charge in [-0.2, -0.15) is 0 Å². The van der Waals surface area contributed by atoms with Crippen LogP contribution in [-0.2, 0) is 21.4 Å². The molecule has 0 saturated carbocycles. The molecule has 0 aliphatic carbocycles. The number of carbonyl (C=O) groups is 1. The summed E-state index contributed by atoms with van der Waals surface area (Å²) in [6.45, 7) is 7.81. The number of anilines is 1. The third-order valence-electron chi connectivity index (χ3n) is 4.56. The minimum atomic E-state index is -3.57. The molecule has 0 bridgehead atoms. The number of carbonyl (C=O) groups excluding carboxylic acids is 1. The first kappa shape index (κ1) is 24.0. The lowest BCUT2D eigenvalue weighted by Gasteiger charge is -2.14. The summed E-state index contributed by atoms with van der Waals surface area (Å²) >= 11 is 1.32.